The Labute approximate surface area is 181 Å². The number of nitrogens with zero attached hydrogens (tertiary/aromatic N) is 2. The van der Waals surface area contributed by atoms with Gasteiger partial charge in [0, 0.05) is 32.7 Å². The summed E-state index contributed by atoms with van der Waals surface area (Å²) in [4.78, 5) is 13.7. The minimum absolute atomic E-state index is 0.127. The summed E-state index contributed by atoms with van der Waals surface area (Å²) >= 11 is 5.45. The predicted molar refractivity (Wildman–Crippen MR) is 116 cm³/mol. The molecular formula is C20H25N3O5S2. The van der Waals surface area contributed by atoms with Gasteiger partial charge in [0.2, 0.25) is 10.9 Å². The van der Waals surface area contributed by atoms with Crippen molar-refractivity contribution in [2.45, 2.75) is 18.4 Å². The number of sulfonamides is 1. The zero-order chi connectivity index (χ0) is 21.6. The van der Waals surface area contributed by atoms with Crippen molar-refractivity contribution in [3.8, 4) is 0 Å². The number of esters is 1. The van der Waals surface area contributed by atoms with Crippen LogP contribution in [-0.2, 0) is 21.2 Å². The van der Waals surface area contributed by atoms with Crippen molar-refractivity contribution in [3.63, 3.8) is 0 Å². The number of carbonyl (C=O) groups excluding carboxylic acids is 1. The number of rotatable bonds is 7. The zero-order valence-electron chi connectivity index (χ0n) is 16.7. The number of hydrogen-bond donors (Lipinski definition) is 1. The maximum atomic E-state index is 12.8. The summed E-state index contributed by atoms with van der Waals surface area (Å²) in [5, 5.41) is 3.59. The van der Waals surface area contributed by atoms with E-state index in [2.05, 4.69) is 17.4 Å². The molecule has 162 valence electrons. The van der Waals surface area contributed by atoms with E-state index in [9.17, 15) is 13.2 Å². The van der Waals surface area contributed by atoms with Gasteiger partial charge >= 0.3 is 5.97 Å². The molecule has 2 aromatic rings. The third-order valence-electron chi connectivity index (χ3n) is 4.71. The number of ether oxygens (including phenoxy) is 1. The second-order valence-corrected chi connectivity index (χ2v) is 8.95. The molecule has 2 heterocycles. The van der Waals surface area contributed by atoms with Crippen molar-refractivity contribution in [2.75, 3.05) is 39.3 Å². The Bertz CT molecular complexity index is 967. The Balaban J connectivity index is 1.50. The molecule has 0 saturated carbocycles. The fraction of sp³-hybridized carbons (Fsp3) is 0.400. The number of nitrogens with one attached hydrogen (secondary N) is 1. The zero-order valence-corrected chi connectivity index (χ0v) is 18.4. The van der Waals surface area contributed by atoms with Gasteiger partial charge in [-0.2, -0.15) is 4.31 Å². The van der Waals surface area contributed by atoms with Gasteiger partial charge in [-0.25, -0.2) is 13.2 Å². The number of hydrogen-bond acceptors (Lipinski definition) is 6. The number of thiocarbonyl (C=S) groups is 1. The largest absolute Gasteiger partial charge is 0.460 e. The van der Waals surface area contributed by atoms with E-state index in [-0.39, 0.29) is 30.5 Å². The highest BCUT2D eigenvalue weighted by atomic mass is 32.2. The highest BCUT2D eigenvalue weighted by Crippen LogP contribution is 2.21. The summed E-state index contributed by atoms with van der Waals surface area (Å²) in [6.07, 6.45) is 0.858. The van der Waals surface area contributed by atoms with Crippen molar-refractivity contribution < 1.29 is 22.4 Å². The number of carbonyl (C=O) groups is 1. The molecule has 0 bridgehead atoms. The fourth-order valence-electron chi connectivity index (χ4n) is 3.10. The molecule has 1 aromatic heterocycles. The summed E-state index contributed by atoms with van der Waals surface area (Å²) in [6, 6.07) is 12.7. The number of benzene rings is 1. The Morgan fingerprint density at radius 3 is 2.50 bits per heavy atom. The second kappa shape index (κ2) is 10.1. The first-order valence-electron chi connectivity index (χ1n) is 9.75. The molecule has 30 heavy (non-hydrogen) atoms. The van der Waals surface area contributed by atoms with Gasteiger partial charge in [0.25, 0.3) is 10.0 Å². The molecule has 10 heteroatoms. The first-order chi connectivity index (χ1) is 14.4. The summed E-state index contributed by atoms with van der Waals surface area (Å²) in [5.74, 6) is -0.812. The Hall–Kier alpha value is -2.43. The monoisotopic (exact) mass is 451 g/mol. The van der Waals surface area contributed by atoms with Gasteiger partial charge in [0.15, 0.2) is 5.11 Å². The molecule has 0 radical (unpaired) electrons. The highest BCUT2D eigenvalue weighted by Gasteiger charge is 2.32. The van der Waals surface area contributed by atoms with E-state index >= 15 is 0 Å². The van der Waals surface area contributed by atoms with Gasteiger partial charge in [-0.05, 0) is 43.3 Å². The van der Waals surface area contributed by atoms with Crippen molar-refractivity contribution in [1.82, 2.24) is 14.5 Å². The van der Waals surface area contributed by atoms with E-state index < -0.39 is 16.0 Å². The lowest BCUT2D eigenvalue weighted by atomic mass is 10.1. The van der Waals surface area contributed by atoms with E-state index in [4.69, 9.17) is 21.4 Å². The van der Waals surface area contributed by atoms with Crippen LogP contribution < -0.4 is 5.32 Å². The van der Waals surface area contributed by atoms with E-state index in [0.717, 1.165) is 6.42 Å². The van der Waals surface area contributed by atoms with Gasteiger partial charge in [-0.3, -0.25) is 0 Å². The SMILES string of the molecule is CCOC(=O)c1ccc(S(=O)(=O)N2CCN(C(=S)NCCc3ccccc3)CC2)o1. The molecule has 1 saturated heterocycles. The first-order valence-corrected chi connectivity index (χ1v) is 11.6. The van der Waals surface area contributed by atoms with Gasteiger partial charge in [0.05, 0.1) is 6.61 Å². The standard InChI is InChI=1S/C20H25N3O5S2/c1-2-27-19(24)17-8-9-18(28-17)30(25,26)23-14-12-22(13-15-23)20(29)21-11-10-16-6-4-3-5-7-16/h3-9H,2,10-15H2,1H3,(H,21,29). The minimum Gasteiger partial charge on any atom is -0.460 e. The van der Waals surface area contributed by atoms with Crippen molar-refractivity contribution in [3.05, 3.63) is 53.8 Å². The molecule has 0 spiro atoms. The lowest BCUT2D eigenvalue weighted by molar-refractivity contribution is 0.0483. The second-order valence-electron chi connectivity index (χ2n) is 6.70. The lowest BCUT2D eigenvalue weighted by Gasteiger charge is -2.35. The van der Waals surface area contributed by atoms with Crippen LogP contribution >= 0.6 is 12.2 Å². The fourth-order valence-corrected chi connectivity index (χ4v) is 4.72. The van der Waals surface area contributed by atoms with E-state index in [0.29, 0.717) is 24.7 Å². The maximum absolute atomic E-state index is 12.8. The lowest BCUT2D eigenvalue weighted by Crippen LogP contribution is -2.53. The average Bonchev–Trinajstić information content (AvgIpc) is 3.26. The number of piperazine rings is 1. The van der Waals surface area contributed by atoms with E-state index in [1.54, 1.807) is 6.92 Å². The molecule has 1 fully saturated rings. The highest BCUT2D eigenvalue weighted by molar-refractivity contribution is 7.89. The Morgan fingerprint density at radius 1 is 1.13 bits per heavy atom. The Morgan fingerprint density at radius 2 is 1.83 bits per heavy atom. The molecule has 0 unspecified atom stereocenters. The molecule has 1 aliphatic heterocycles. The maximum Gasteiger partial charge on any atom is 0.374 e. The summed E-state index contributed by atoms with van der Waals surface area (Å²) < 4.78 is 37.0. The van der Waals surface area contributed by atoms with Crippen LogP contribution in [0.4, 0.5) is 0 Å². The van der Waals surface area contributed by atoms with Crippen LogP contribution in [0, 0.1) is 0 Å². The first kappa shape index (κ1) is 22.3. The summed E-state index contributed by atoms with van der Waals surface area (Å²) in [5.41, 5.74) is 1.23. The smallest absolute Gasteiger partial charge is 0.374 e. The topological polar surface area (TPSA) is 92.1 Å². The molecule has 1 N–H and O–H groups in total. The summed E-state index contributed by atoms with van der Waals surface area (Å²) in [7, 11) is -3.82. The molecule has 1 aromatic carbocycles. The van der Waals surface area contributed by atoms with Crippen LogP contribution in [-0.4, -0.2) is 68.0 Å². The third kappa shape index (κ3) is 5.38. The molecule has 0 amide bonds. The Kier molecular flexibility index (Phi) is 7.46. The van der Waals surface area contributed by atoms with E-state index in [1.807, 2.05) is 23.1 Å². The van der Waals surface area contributed by atoms with Crippen LogP contribution in [0.25, 0.3) is 0 Å². The number of furan rings is 1. The van der Waals surface area contributed by atoms with Crippen LogP contribution in [0.3, 0.4) is 0 Å². The van der Waals surface area contributed by atoms with Gasteiger partial charge in [-0.15, -0.1) is 0 Å². The molecule has 0 aliphatic carbocycles. The third-order valence-corrected chi connectivity index (χ3v) is 6.89. The van der Waals surface area contributed by atoms with Crippen LogP contribution in [0.1, 0.15) is 23.0 Å². The van der Waals surface area contributed by atoms with Crippen LogP contribution in [0.5, 0.6) is 0 Å². The molecular weight excluding hydrogens is 426 g/mol. The van der Waals surface area contributed by atoms with Crippen molar-refractivity contribution in [1.29, 1.82) is 0 Å². The molecule has 1 aliphatic rings. The summed E-state index contributed by atoms with van der Waals surface area (Å²) in [6.45, 7) is 4.06. The minimum atomic E-state index is -3.82. The average molecular weight is 452 g/mol. The van der Waals surface area contributed by atoms with Gasteiger partial charge in [-0.1, -0.05) is 30.3 Å². The normalized spacial score (nSPS) is 15.0. The van der Waals surface area contributed by atoms with E-state index in [1.165, 1.54) is 22.0 Å². The van der Waals surface area contributed by atoms with Crippen molar-refractivity contribution >= 4 is 33.3 Å². The molecule has 3 rings (SSSR count). The van der Waals surface area contributed by atoms with Gasteiger partial charge in [0.1, 0.15) is 0 Å². The van der Waals surface area contributed by atoms with Crippen LogP contribution in [0.15, 0.2) is 52.0 Å². The quantitative estimate of drug-likeness (QED) is 0.504. The molecule has 0 atom stereocenters. The van der Waals surface area contributed by atoms with Gasteiger partial charge < -0.3 is 19.4 Å². The van der Waals surface area contributed by atoms with Crippen molar-refractivity contribution in [2.24, 2.45) is 0 Å². The van der Waals surface area contributed by atoms with Crippen LogP contribution in [0.2, 0.25) is 0 Å². The predicted octanol–water partition coefficient (Wildman–Crippen LogP) is 1.88. The molecule has 8 nitrogen and oxygen atoms in total.